The van der Waals surface area contributed by atoms with Gasteiger partial charge >= 0.3 is 7.60 Å². The van der Waals surface area contributed by atoms with Gasteiger partial charge in [0, 0.05) is 6.54 Å². The summed E-state index contributed by atoms with van der Waals surface area (Å²) < 4.78 is 23.7. The van der Waals surface area contributed by atoms with Crippen molar-refractivity contribution in [3.8, 4) is 0 Å². The molecular weight excluding hydrogens is 485 g/mol. The molecule has 14 nitrogen and oxygen atoms in total. The Morgan fingerprint density at radius 2 is 1.94 bits per heavy atom. The molecule has 0 aromatic carbocycles. The zero-order chi connectivity index (χ0) is 24.0. The third-order valence-corrected chi connectivity index (χ3v) is 7.44. The molecule has 2 aromatic heterocycles. The SMILES string of the molecule is O=P(O)(O)C(CO)(CO)OC[C@H]1O[C@@H](n2ncc3c(NCC4CC4)nc(Cl)nc32)[C@H](O)[C@@H]1O. The topological polar surface area (TPSA) is 213 Å². The lowest BCUT2D eigenvalue weighted by Gasteiger charge is -2.31. The van der Waals surface area contributed by atoms with Crippen LogP contribution in [0.5, 0.6) is 0 Å². The molecule has 3 heterocycles. The number of nitrogens with zero attached hydrogens (tertiary/aromatic N) is 4. The number of aromatic nitrogens is 4. The molecule has 1 aliphatic heterocycles. The summed E-state index contributed by atoms with van der Waals surface area (Å²) in [5.41, 5.74) is 0.237. The lowest BCUT2D eigenvalue weighted by Crippen LogP contribution is -2.44. The molecule has 184 valence electrons. The molecular formula is C17H25ClN5O9P. The maximum absolute atomic E-state index is 11.7. The van der Waals surface area contributed by atoms with Crippen LogP contribution in [0.2, 0.25) is 5.28 Å². The molecule has 16 heteroatoms. The van der Waals surface area contributed by atoms with Crippen molar-refractivity contribution in [1.82, 2.24) is 19.7 Å². The first-order valence-corrected chi connectivity index (χ1v) is 12.2. The van der Waals surface area contributed by atoms with Gasteiger partial charge in [0.2, 0.25) is 10.6 Å². The normalized spacial score (nSPS) is 26.3. The van der Waals surface area contributed by atoms with E-state index in [1.165, 1.54) is 10.9 Å². The average molecular weight is 510 g/mol. The smallest absolute Gasteiger partial charge is 0.361 e. The minimum absolute atomic E-state index is 0.0622. The molecule has 7 N–H and O–H groups in total. The highest BCUT2D eigenvalue weighted by Crippen LogP contribution is 2.51. The van der Waals surface area contributed by atoms with Crippen LogP contribution in [-0.4, -0.2) is 100.0 Å². The summed E-state index contributed by atoms with van der Waals surface area (Å²) in [6, 6.07) is 0. The number of halogens is 1. The molecule has 0 spiro atoms. The Labute approximate surface area is 192 Å². The summed E-state index contributed by atoms with van der Waals surface area (Å²) >= 11 is 6.06. The van der Waals surface area contributed by atoms with Crippen LogP contribution in [0.4, 0.5) is 5.82 Å². The van der Waals surface area contributed by atoms with Gasteiger partial charge in [0.1, 0.15) is 24.1 Å². The van der Waals surface area contributed by atoms with Crippen molar-refractivity contribution < 1.29 is 44.3 Å². The van der Waals surface area contributed by atoms with E-state index in [0.29, 0.717) is 23.7 Å². The molecule has 0 amide bonds. The Hall–Kier alpha value is -1.45. The minimum atomic E-state index is -5.09. The Morgan fingerprint density at radius 3 is 2.55 bits per heavy atom. The van der Waals surface area contributed by atoms with Crippen LogP contribution >= 0.6 is 19.2 Å². The van der Waals surface area contributed by atoms with Crippen LogP contribution in [-0.2, 0) is 14.0 Å². The number of ether oxygens (including phenoxy) is 2. The lowest BCUT2D eigenvalue weighted by atomic mass is 10.1. The van der Waals surface area contributed by atoms with Gasteiger partial charge in [-0.15, -0.1) is 0 Å². The number of nitrogens with one attached hydrogen (secondary N) is 1. The summed E-state index contributed by atoms with van der Waals surface area (Å²) in [7, 11) is -5.09. The van der Waals surface area contributed by atoms with Crippen LogP contribution in [0.15, 0.2) is 6.20 Å². The molecule has 0 radical (unpaired) electrons. The van der Waals surface area contributed by atoms with Crippen LogP contribution in [0.3, 0.4) is 0 Å². The largest absolute Gasteiger partial charge is 0.393 e. The Bertz CT molecular complexity index is 1040. The van der Waals surface area contributed by atoms with E-state index in [4.69, 9.17) is 21.1 Å². The van der Waals surface area contributed by atoms with Gasteiger partial charge in [0.15, 0.2) is 11.9 Å². The highest BCUT2D eigenvalue weighted by Gasteiger charge is 2.51. The summed E-state index contributed by atoms with van der Waals surface area (Å²) in [6.07, 6.45) is -1.82. The predicted octanol–water partition coefficient (Wildman–Crippen LogP) is -1.20. The summed E-state index contributed by atoms with van der Waals surface area (Å²) in [5, 5.41) is 45.0. The number of hydrogen-bond donors (Lipinski definition) is 7. The number of rotatable bonds is 10. The maximum atomic E-state index is 11.7. The quantitative estimate of drug-likeness (QED) is 0.148. The van der Waals surface area contributed by atoms with E-state index in [9.17, 15) is 34.8 Å². The average Bonchev–Trinajstić information content (AvgIpc) is 3.44. The van der Waals surface area contributed by atoms with Crippen molar-refractivity contribution in [2.75, 3.05) is 31.7 Å². The first-order valence-electron chi connectivity index (χ1n) is 10.2. The van der Waals surface area contributed by atoms with Crippen LogP contribution in [0.25, 0.3) is 11.0 Å². The molecule has 1 aliphatic carbocycles. The second-order valence-electron chi connectivity index (χ2n) is 8.16. The van der Waals surface area contributed by atoms with Crippen LogP contribution < -0.4 is 5.32 Å². The monoisotopic (exact) mass is 509 g/mol. The van der Waals surface area contributed by atoms with Crippen molar-refractivity contribution >= 4 is 36.0 Å². The molecule has 0 bridgehead atoms. The van der Waals surface area contributed by atoms with E-state index in [1.54, 1.807) is 0 Å². The van der Waals surface area contributed by atoms with E-state index in [2.05, 4.69) is 20.4 Å². The van der Waals surface area contributed by atoms with Crippen molar-refractivity contribution in [1.29, 1.82) is 0 Å². The van der Waals surface area contributed by atoms with Gasteiger partial charge in [0.25, 0.3) is 0 Å². The van der Waals surface area contributed by atoms with E-state index < -0.39 is 57.3 Å². The molecule has 2 fully saturated rings. The Morgan fingerprint density at radius 1 is 1.24 bits per heavy atom. The minimum Gasteiger partial charge on any atom is -0.393 e. The van der Waals surface area contributed by atoms with Gasteiger partial charge in [0.05, 0.1) is 31.4 Å². The van der Waals surface area contributed by atoms with Gasteiger partial charge in [-0.05, 0) is 30.4 Å². The molecule has 2 aromatic rings. The number of fused-ring (bicyclic) bond motifs is 1. The van der Waals surface area contributed by atoms with Crippen molar-refractivity contribution in [3.05, 3.63) is 11.5 Å². The second-order valence-corrected chi connectivity index (χ2v) is 10.4. The zero-order valence-electron chi connectivity index (χ0n) is 17.2. The molecule has 1 saturated carbocycles. The van der Waals surface area contributed by atoms with E-state index in [0.717, 1.165) is 12.8 Å². The Kier molecular flexibility index (Phi) is 6.95. The highest BCUT2D eigenvalue weighted by molar-refractivity contribution is 7.53. The first kappa shape index (κ1) is 24.7. The fourth-order valence-corrected chi connectivity index (χ4v) is 4.27. The first-order chi connectivity index (χ1) is 15.6. The van der Waals surface area contributed by atoms with Crippen molar-refractivity contribution in [2.24, 2.45) is 5.92 Å². The Balaban J connectivity index is 1.54. The van der Waals surface area contributed by atoms with Gasteiger partial charge in [-0.3, -0.25) is 4.57 Å². The molecule has 4 atom stereocenters. The summed E-state index contributed by atoms with van der Waals surface area (Å²) in [4.78, 5) is 27.2. The van der Waals surface area contributed by atoms with Crippen molar-refractivity contribution in [3.63, 3.8) is 0 Å². The number of hydrogen-bond acceptors (Lipinski definition) is 11. The third-order valence-electron chi connectivity index (χ3n) is 5.80. The summed E-state index contributed by atoms with van der Waals surface area (Å²) in [6.45, 7) is -2.30. The molecule has 1 saturated heterocycles. The van der Waals surface area contributed by atoms with Crippen LogP contribution in [0, 0.1) is 5.92 Å². The highest BCUT2D eigenvalue weighted by atomic mass is 35.5. The number of anilines is 1. The van der Waals surface area contributed by atoms with Crippen LogP contribution in [0.1, 0.15) is 19.1 Å². The number of aliphatic hydroxyl groups is 4. The van der Waals surface area contributed by atoms with Gasteiger partial charge in [-0.2, -0.15) is 15.1 Å². The molecule has 2 aliphatic rings. The van der Waals surface area contributed by atoms with Gasteiger partial charge in [-0.25, -0.2) is 4.68 Å². The standard InChI is InChI=1S/C17H25ClN5O9P/c18-16-21-13(19-3-8-1-2-8)9-4-20-23(14(9)22-16)15-12(27)11(26)10(32-15)5-31-17(6-24,7-25)33(28,29)30/h4,8,10-12,15,24-27H,1-3,5-7H2,(H,19,21,22)(H2,28,29,30)/t10-,11-,12-,15-/m1/s1. The van der Waals surface area contributed by atoms with Crippen molar-refractivity contribution in [2.45, 2.75) is 42.7 Å². The zero-order valence-corrected chi connectivity index (χ0v) is 18.9. The third kappa shape index (κ3) is 4.73. The van der Waals surface area contributed by atoms with E-state index in [-0.39, 0.29) is 10.9 Å². The maximum Gasteiger partial charge on any atom is 0.361 e. The molecule has 33 heavy (non-hydrogen) atoms. The molecule has 0 unspecified atom stereocenters. The fraction of sp³-hybridized carbons (Fsp3) is 0.706. The van der Waals surface area contributed by atoms with Gasteiger partial charge in [-0.1, -0.05) is 0 Å². The second kappa shape index (κ2) is 9.30. The lowest BCUT2D eigenvalue weighted by molar-refractivity contribution is -0.121. The molecule has 4 rings (SSSR count). The summed E-state index contributed by atoms with van der Waals surface area (Å²) in [5.74, 6) is 1.03. The fourth-order valence-electron chi connectivity index (χ4n) is 3.50. The van der Waals surface area contributed by atoms with E-state index in [1.807, 2.05) is 0 Å². The van der Waals surface area contributed by atoms with E-state index >= 15 is 0 Å². The van der Waals surface area contributed by atoms with Gasteiger partial charge < -0.3 is 45.0 Å². The number of aliphatic hydroxyl groups excluding tert-OH is 4. The predicted molar refractivity (Wildman–Crippen MR) is 112 cm³/mol.